The zero-order valence-electron chi connectivity index (χ0n) is 14.5. The highest BCUT2D eigenvalue weighted by Gasteiger charge is 2.12. The van der Waals surface area contributed by atoms with Crippen LogP contribution in [-0.2, 0) is 4.79 Å². The van der Waals surface area contributed by atoms with E-state index >= 15 is 0 Å². The summed E-state index contributed by atoms with van der Waals surface area (Å²) < 4.78 is 13.4. The van der Waals surface area contributed by atoms with Crippen molar-refractivity contribution in [2.24, 2.45) is 0 Å². The van der Waals surface area contributed by atoms with E-state index in [2.05, 4.69) is 20.6 Å². The Balaban J connectivity index is 2.03. The summed E-state index contributed by atoms with van der Waals surface area (Å²) in [5.41, 5.74) is 0.953. The van der Waals surface area contributed by atoms with Crippen molar-refractivity contribution in [3.8, 4) is 17.2 Å². The first-order valence-electron chi connectivity index (χ1n) is 8.01. The number of aromatic amines is 1. The first-order valence-corrected chi connectivity index (χ1v) is 8.38. The van der Waals surface area contributed by atoms with Crippen molar-refractivity contribution in [2.45, 2.75) is 6.92 Å². The van der Waals surface area contributed by atoms with Crippen molar-refractivity contribution in [1.82, 2.24) is 9.97 Å². The van der Waals surface area contributed by atoms with E-state index in [-0.39, 0.29) is 22.2 Å². The number of halogens is 2. The Hall–Kier alpha value is -3.70. The SMILES string of the molecule is CC(=O)Nc1cc(Nc2cc(-c3ccc(F)c(Cl)c3)c(=O)[nH]c2C#N)ccn1. The molecule has 9 heteroatoms. The van der Waals surface area contributed by atoms with Crippen LogP contribution < -0.4 is 16.2 Å². The molecule has 1 amide bonds. The Morgan fingerprint density at radius 1 is 1.29 bits per heavy atom. The van der Waals surface area contributed by atoms with E-state index in [1.165, 1.54) is 31.3 Å². The highest BCUT2D eigenvalue weighted by molar-refractivity contribution is 6.31. The number of nitriles is 1. The molecule has 3 N–H and O–H groups in total. The number of H-pyrrole nitrogens is 1. The number of benzene rings is 1. The molecule has 0 saturated heterocycles. The van der Waals surface area contributed by atoms with Gasteiger partial charge < -0.3 is 15.6 Å². The fourth-order valence-corrected chi connectivity index (χ4v) is 2.69. The summed E-state index contributed by atoms with van der Waals surface area (Å²) in [6.45, 7) is 1.36. The van der Waals surface area contributed by atoms with Gasteiger partial charge in [-0.3, -0.25) is 9.59 Å². The average Bonchev–Trinajstić information content (AvgIpc) is 2.65. The number of anilines is 3. The third-order valence-corrected chi connectivity index (χ3v) is 4.02. The molecule has 0 aliphatic heterocycles. The lowest BCUT2D eigenvalue weighted by atomic mass is 10.1. The largest absolute Gasteiger partial charge is 0.353 e. The quantitative estimate of drug-likeness (QED) is 0.620. The number of amides is 1. The maximum Gasteiger partial charge on any atom is 0.256 e. The molecule has 28 heavy (non-hydrogen) atoms. The van der Waals surface area contributed by atoms with Gasteiger partial charge >= 0.3 is 0 Å². The Kier molecular flexibility index (Phi) is 5.38. The minimum atomic E-state index is -0.601. The highest BCUT2D eigenvalue weighted by atomic mass is 35.5. The van der Waals surface area contributed by atoms with Crippen LogP contribution in [0.25, 0.3) is 11.1 Å². The second kappa shape index (κ2) is 7.90. The lowest BCUT2D eigenvalue weighted by Crippen LogP contribution is -2.13. The fourth-order valence-electron chi connectivity index (χ4n) is 2.51. The number of aromatic nitrogens is 2. The predicted octanol–water partition coefficient (Wildman–Crippen LogP) is 3.80. The van der Waals surface area contributed by atoms with E-state index in [0.717, 1.165) is 6.07 Å². The number of carbonyl (C=O) groups excluding carboxylic acids is 1. The monoisotopic (exact) mass is 397 g/mol. The van der Waals surface area contributed by atoms with Crippen molar-refractivity contribution in [3.05, 3.63) is 69.5 Å². The molecule has 0 bridgehead atoms. The molecule has 2 aromatic heterocycles. The number of hydrogen-bond donors (Lipinski definition) is 3. The molecule has 2 heterocycles. The first kappa shape index (κ1) is 19.1. The fraction of sp³-hybridized carbons (Fsp3) is 0.0526. The third kappa shape index (κ3) is 4.16. The van der Waals surface area contributed by atoms with Crippen LogP contribution in [0.5, 0.6) is 0 Å². The van der Waals surface area contributed by atoms with Crippen molar-refractivity contribution in [1.29, 1.82) is 5.26 Å². The second-order valence-electron chi connectivity index (χ2n) is 5.78. The Morgan fingerprint density at radius 2 is 2.07 bits per heavy atom. The standard InChI is InChI=1S/C19H13ClFN5O2/c1-10(27)24-18-7-12(4-5-23-18)25-16-8-13(19(28)26-17(16)9-22)11-2-3-15(21)14(20)6-11/h2-8H,1H3,(H,26,28)(H2,23,24,25,27). The molecule has 7 nitrogen and oxygen atoms in total. The molecule has 0 radical (unpaired) electrons. The summed E-state index contributed by atoms with van der Waals surface area (Å²) in [6, 6.07) is 10.5. The minimum absolute atomic E-state index is 0.0137. The Labute approximate surface area is 163 Å². The van der Waals surface area contributed by atoms with Crippen LogP contribution in [0.1, 0.15) is 12.6 Å². The molecular formula is C19H13ClFN5O2. The molecular weight excluding hydrogens is 385 g/mol. The molecule has 1 aromatic carbocycles. The minimum Gasteiger partial charge on any atom is -0.353 e. The summed E-state index contributed by atoms with van der Waals surface area (Å²) in [4.78, 5) is 30.0. The molecule has 3 rings (SSSR count). The smallest absolute Gasteiger partial charge is 0.256 e. The van der Waals surface area contributed by atoms with Crippen LogP contribution in [0.15, 0.2) is 47.4 Å². The molecule has 0 aliphatic rings. The summed E-state index contributed by atoms with van der Waals surface area (Å²) in [7, 11) is 0. The summed E-state index contributed by atoms with van der Waals surface area (Å²) in [5, 5.41) is 14.8. The lowest BCUT2D eigenvalue weighted by molar-refractivity contribution is -0.114. The van der Waals surface area contributed by atoms with Gasteiger partial charge in [0, 0.05) is 30.4 Å². The van der Waals surface area contributed by atoms with Gasteiger partial charge in [0.15, 0.2) is 0 Å². The van der Waals surface area contributed by atoms with Crippen molar-refractivity contribution >= 4 is 34.7 Å². The normalized spacial score (nSPS) is 10.2. The van der Waals surface area contributed by atoms with Gasteiger partial charge in [0.2, 0.25) is 5.91 Å². The Bertz CT molecular complexity index is 1170. The van der Waals surface area contributed by atoms with Crippen LogP contribution in [0.2, 0.25) is 5.02 Å². The van der Waals surface area contributed by atoms with Gasteiger partial charge in [-0.1, -0.05) is 17.7 Å². The van der Waals surface area contributed by atoms with Gasteiger partial charge in [0.05, 0.1) is 10.7 Å². The van der Waals surface area contributed by atoms with E-state index in [1.807, 2.05) is 6.07 Å². The summed E-state index contributed by atoms with van der Waals surface area (Å²) in [5.74, 6) is -0.552. The first-order chi connectivity index (χ1) is 13.4. The third-order valence-electron chi connectivity index (χ3n) is 3.73. The van der Waals surface area contributed by atoms with Crippen molar-refractivity contribution in [3.63, 3.8) is 0 Å². The molecule has 0 saturated carbocycles. The molecule has 0 unspecified atom stereocenters. The topological polar surface area (TPSA) is 111 Å². The highest BCUT2D eigenvalue weighted by Crippen LogP contribution is 2.27. The molecule has 140 valence electrons. The van der Waals surface area contributed by atoms with Gasteiger partial charge in [0.25, 0.3) is 5.56 Å². The van der Waals surface area contributed by atoms with Crippen LogP contribution in [0.3, 0.4) is 0 Å². The molecule has 0 spiro atoms. The predicted molar refractivity (Wildman–Crippen MR) is 104 cm³/mol. The van der Waals surface area contributed by atoms with Crippen LogP contribution in [-0.4, -0.2) is 15.9 Å². The van der Waals surface area contributed by atoms with Crippen molar-refractivity contribution < 1.29 is 9.18 Å². The van der Waals surface area contributed by atoms with E-state index in [1.54, 1.807) is 12.1 Å². The number of nitrogens with one attached hydrogen (secondary N) is 3. The van der Waals surface area contributed by atoms with Gasteiger partial charge in [-0.25, -0.2) is 9.37 Å². The van der Waals surface area contributed by atoms with E-state index in [0.29, 0.717) is 22.8 Å². The van der Waals surface area contributed by atoms with Gasteiger partial charge in [-0.05, 0) is 29.8 Å². The van der Waals surface area contributed by atoms with Crippen molar-refractivity contribution in [2.75, 3.05) is 10.6 Å². The molecule has 0 atom stereocenters. The number of nitrogens with zero attached hydrogens (tertiary/aromatic N) is 2. The number of rotatable bonds is 4. The maximum absolute atomic E-state index is 13.4. The van der Waals surface area contributed by atoms with E-state index in [9.17, 15) is 19.2 Å². The molecule has 0 fully saturated rings. The molecule has 3 aromatic rings. The molecule has 0 aliphatic carbocycles. The number of pyridine rings is 2. The van der Waals surface area contributed by atoms with Gasteiger partial charge in [0.1, 0.15) is 23.4 Å². The van der Waals surface area contributed by atoms with Gasteiger partial charge in [-0.2, -0.15) is 5.26 Å². The number of hydrogen-bond acceptors (Lipinski definition) is 5. The zero-order valence-corrected chi connectivity index (χ0v) is 15.3. The summed E-state index contributed by atoms with van der Waals surface area (Å²) >= 11 is 5.81. The number of carbonyl (C=O) groups is 1. The average molecular weight is 398 g/mol. The maximum atomic E-state index is 13.4. The van der Waals surface area contributed by atoms with E-state index < -0.39 is 11.4 Å². The van der Waals surface area contributed by atoms with E-state index in [4.69, 9.17) is 11.6 Å². The van der Waals surface area contributed by atoms with Crippen LogP contribution >= 0.6 is 11.6 Å². The second-order valence-corrected chi connectivity index (χ2v) is 6.18. The Morgan fingerprint density at radius 3 is 2.75 bits per heavy atom. The van der Waals surface area contributed by atoms with Gasteiger partial charge in [-0.15, -0.1) is 0 Å². The van der Waals surface area contributed by atoms with Crippen LogP contribution in [0, 0.1) is 17.1 Å². The summed E-state index contributed by atoms with van der Waals surface area (Å²) in [6.07, 6.45) is 1.48. The zero-order chi connectivity index (χ0) is 20.3. The lowest BCUT2D eigenvalue weighted by Gasteiger charge is -2.11. The van der Waals surface area contributed by atoms with Crippen LogP contribution in [0.4, 0.5) is 21.6 Å².